The molecular weight excluding hydrogens is 450 g/mol. The maximum absolute atomic E-state index is 13.5. The minimum absolute atomic E-state index is 0.0573. The van der Waals surface area contributed by atoms with E-state index in [1.807, 2.05) is 65.0 Å². The molecule has 0 bridgehead atoms. The average molecular weight is 488 g/mol. The second-order valence-electron chi connectivity index (χ2n) is 9.60. The topological polar surface area (TPSA) is 93.5 Å². The monoisotopic (exact) mass is 487 g/mol. The molecule has 0 fully saturated rings. The second-order valence-corrected chi connectivity index (χ2v) is 9.60. The van der Waals surface area contributed by atoms with E-state index >= 15 is 0 Å². The highest BCUT2D eigenvalue weighted by molar-refractivity contribution is 5.84. The zero-order chi connectivity index (χ0) is 25.4. The van der Waals surface area contributed by atoms with Gasteiger partial charge in [-0.25, -0.2) is 4.79 Å². The molecule has 1 aromatic heterocycles. The molecule has 0 atom stereocenters. The van der Waals surface area contributed by atoms with E-state index in [-0.39, 0.29) is 31.8 Å². The Morgan fingerprint density at radius 3 is 2.51 bits per heavy atom. The highest BCUT2D eigenvalue weighted by Crippen LogP contribution is 2.33. The van der Waals surface area contributed by atoms with Crippen LogP contribution in [-0.4, -0.2) is 60.4 Å². The van der Waals surface area contributed by atoms with E-state index < -0.39 is 5.54 Å². The number of nitrogens with one attached hydrogen (secondary N) is 1. The van der Waals surface area contributed by atoms with Gasteiger partial charge in [-0.3, -0.25) is 4.79 Å². The summed E-state index contributed by atoms with van der Waals surface area (Å²) in [4.78, 5) is 29.8. The minimum atomic E-state index is -0.420. The van der Waals surface area contributed by atoms with Crippen molar-refractivity contribution in [2.24, 2.45) is 0 Å². The van der Waals surface area contributed by atoms with E-state index in [0.29, 0.717) is 50.0 Å². The standard InChI is InChI=1S/C26H37N3O6/c1-6-32-13-7-12-28(25(31)27-26(3,4)5)17-24(30)29(16-21-10-8-19(2)35-21)15-20-9-11-22-23(14-20)34-18-33-22/h8-11,14H,6-7,12-13,15-18H2,1-5H3,(H,27,31). The van der Waals surface area contributed by atoms with E-state index in [2.05, 4.69) is 5.32 Å². The molecule has 9 nitrogen and oxygen atoms in total. The van der Waals surface area contributed by atoms with Crippen LogP contribution in [0.15, 0.2) is 34.7 Å². The van der Waals surface area contributed by atoms with Crippen molar-refractivity contribution >= 4 is 11.9 Å². The molecule has 9 heteroatoms. The number of hydrogen-bond acceptors (Lipinski definition) is 6. The lowest BCUT2D eigenvalue weighted by atomic mass is 10.1. The summed E-state index contributed by atoms with van der Waals surface area (Å²) in [5, 5.41) is 2.96. The number of ether oxygens (including phenoxy) is 3. The molecule has 35 heavy (non-hydrogen) atoms. The minimum Gasteiger partial charge on any atom is -0.464 e. The van der Waals surface area contributed by atoms with Crippen LogP contribution in [0.3, 0.4) is 0 Å². The SMILES string of the molecule is CCOCCCN(CC(=O)N(Cc1ccc2c(c1)OCO2)Cc1ccc(C)o1)C(=O)NC(C)(C)C. The molecule has 3 amide bonds. The van der Waals surface area contributed by atoms with Crippen LogP contribution in [0.4, 0.5) is 4.79 Å². The van der Waals surface area contributed by atoms with Crippen molar-refractivity contribution in [3.8, 4) is 11.5 Å². The Labute approximate surface area is 207 Å². The molecule has 1 aliphatic heterocycles. The molecule has 0 saturated heterocycles. The molecule has 0 aliphatic carbocycles. The maximum atomic E-state index is 13.5. The Morgan fingerprint density at radius 1 is 1.06 bits per heavy atom. The van der Waals surface area contributed by atoms with E-state index in [0.717, 1.165) is 11.3 Å². The van der Waals surface area contributed by atoms with Crippen LogP contribution >= 0.6 is 0 Å². The number of nitrogens with zero attached hydrogens (tertiary/aromatic N) is 2. The van der Waals surface area contributed by atoms with Crippen molar-refractivity contribution in [2.75, 3.05) is 33.1 Å². The predicted molar refractivity (Wildman–Crippen MR) is 131 cm³/mol. The molecule has 192 valence electrons. The summed E-state index contributed by atoms with van der Waals surface area (Å²) < 4.78 is 22.1. The smallest absolute Gasteiger partial charge is 0.318 e. The molecule has 0 saturated carbocycles. The number of aryl methyl sites for hydroxylation is 1. The fourth-order valence-corrected chi connectivity index (χ4v) is 3.67. The summed E-state index contributed by atoms with van der Waals surface area (Å²) in [5.41, 5.74) is 0.476. The summed E-state index contributed by atoms with van der Waals surface area (Å²) in [6.45, 7) is 11.8. The fourth-order valence-electron chi connectivity index (χ4n) is 3.67. The molecule has 1 aliphatic rings. The first-order valence-electron chi connectivity index (χ1n) is 12.0. The highest BCUT2D eigenvalue weighted by atomic mass is 16.7. The third-order valence-electron chi connectivity index (χ3n) is 5.32. The van der Waals surface area contributed by atoms with Gasteiger partial charge >= 0.3 is 6.03 Å². The quantitative estimate of drug-likeness (QED) is 0.480. The van der Waals surface area contributed by atoms with Gasteiger partial charge < -0.3 is 33.7 Å². The number of amides is 3. The van der Waals surface area contributed by atoms with Gasteiger partial charge in [-0.2, -0.15) is 0 Å². The number of urea groups is 1. The summed E-state index contributed by atoms with van der Waals surface area (Å²) in [6.07, 6.45) is 0.637. The molecule has 1 aromatic carbocycles. The molecule has 0 spiro atoms. The number of carbonyl (C=O) groups is 2. The number of furan rings is 1. The summed E-state index contributed by atoms with van der Waals surface area (Å²) in [5.74, 6) is 2.62. The second kappa shape index (κ2) is 12.0. The van der Waals surface area contributed by atoms with Crippen LogP contribution in [0.5, 0.6) is 11.5 Å². The Kier molecular flexibility index (Phi) is 9.03. The zero-order valence-corrected chi connectivity index (χ0v) is 21.4. The van der Waals surface area contributed by atoms with Crippen molar-refractivity contribution in [3.05, 3.63) is 47.4 Å². The average Bonchev–Trinajstić information content (AvgIpc) is 3.42. The molecule has 0 unspecified atom stereocenters. The normalized spacial score (nSPS) is 12.5. The Hall–Kier alpha value is -3.20. The fraction of sp³-hybridized carbons (Fsp3) is 0.538. The van der Waals surface area contributed by atoms with Gasteiger partial charge in [-0.15, -0.1) is 0 Å². The Balaban J connectivity index is 1.76. The highest BCUT2D eigenvalue weighted by Gasteiger charge is 2.25. The van der Waals surface area contributed by atoms with Gasteiger partial charge in [0, 0.05) is 31.8 Å². The van der Waals surface area contributed by atoms with Gasteiger partial charge in [-0.1, -0.05) is 6.07 Å². The van der Waals surface area contributed by atoms with Crippen molar-refractivity contribution < 1.29 is 28.2 Å². The van der Waals surface area contributed by atoms with Gasteiger partial charge in [0.25, 0.3) is 0 Å². The summed E-state index contributed by atoms with van der Waals surface area (Å²) >= 11 is 0. The molecule has 2 heterocycles. The summed E-state index contributed by atoms with van der Waals surface area (Å²) in [6, 6.07) is 9.08. The summed E-state index contributed by atoms with van der Waals surface area (Å²) in [7, 11) is 0. The van der Waals surface area contributed by atoms with Gasteiger partial charge in [0.15, 0.2) is 11.5 Å². The molecule has 0 radical (unpaired) electrons. The van der Waals surface area contributed by atoms with E-state index in [1.165, 1.54) is 0 Å². The van der Waals surface area contributed by atoms with Crippen molar-refractivity contribution in [2.45, 2.75) is 59.7 Å². The van der Waals surface area contributed by atoms with Crippen LogP contribution in [0.25, 0.3) is 0 Å². The lowest BCUT2D eigenvalue weighted by Gasteiger charge is -2.30. The first kappa shape index (κ1) is 26.4. The zero-order valence-electron chi connectivity index (χ0n) is 21.4. The Bertz CT molecular complexity index is 997. The van der Waals surface area contributed by atoms with Gasteiger partial charge in [0.2, 0.25) is 12.7 Å². The van der Waals surface area contributed by atoms with Gasteiger partial charge in [0.05, 0.1) is 6.54 Å². The van der Waals surface area contributed by atoms with Gasteiger partial charge in [-0.05, 0) is 70.9 Å². The number of fused-ring (bicyclic) bond motifs is 1. The van der Waals surface area contributed by atoms with Gasteiger partial charge in [0.1, 0.15) is 18.1 Å². The van der Waals surface area contributed by atoms with E-state index in [4.69, 9.17) is 18.6 Å². The largest absolute Gasteiger partial charge is 0.464 e. The predicted octanol–water partition coefficient (Wildman–Crippen LogP) is 4.08. The van der Waals surface area contributed by atoms with Crippen molar-refractivity contribution in [3.63, 3.8) is 0 Å². The van der Waals surface area contributed by atoms with Crippen LogP contribution in [0.2, 0.25) is 0 Å². The van der Waals surface area contributed by atoms with E-state index in [9.17, 15) is 9.59 Å². The van der Waals surface area contributed by atoms with Crippen LogP contribution in [-0.2, 0) is 22.6 Å². The Morgan fingerprint density at radius 2 is 1.83 bits per heavy atom. The number of hydrogen-bond donors (Lipinski definition) is 1. The van der Waals surface area contributed by atoms with E-state index in [1.54, 1.807) is 9.80 Å². The molecule has 3 rings (SSSR count). The molecular formula is C26H37N3O6. The van der Waals surface area contributed by atoms with Crippen molar-refractivity contribution in [1.82, 2.24) is 15.1 Å². The maximum Gasteiger partial charge on any atom is 0.318 e. The lowest BCUT2D eigenvalue weighted by Crippen LogP contribution is -2.51. The molecule has 1 N–H and O–H groups in total. The number of carbonyl (C=O) groups excluding carboxylic acids is 2. The first-order chi connectivity index (χ1) is 16.6. The third-order valence-corrected chi connectivity index (χ3v) is 5.32. The van der Waals surface area contributed by atoms with Crippen LogP contribution < -0.4 is 14.8 Å². The van der Waals surface area contributed by atoms with Crippen LogP contribution in [0.1, 0.15) is 51.2 Å². The first-order valence-corrected chi connectivity index (χ1v) is 12.0. The number of benzene rings is 1. The third kappa shape index (κ3) is 8.20. The molecule has 2 aromatic rings. The lowest BCUT2D eigenvalue weighted by molar-refractivity contribution is -0.133. The van der Waals surface area contributed by atoms with Crippen molar-refractivity contribution in [1.29, 1.82) is 0 Å². The number of rotatable bonds is 11. The van der Waals surface area contributed by atoms with Crippen LogP contribution in [0, 0.1) is 6.92 Å².